The van der Waals surface area contributed by atoms with Crippen molar-refractivity contribution in [2.45, 2.75) is 0 Å². The second-order valence-corrected chi connectivity index (χ2v) is 16.3. The normalized spacial score (nSPS) is 12.0. The Bertz CT molecular complexity index is 3840. The van der Waals surface area contributed by atoms with Crippen molar-refractivity contribution in [1.29, 1.82) is 0 Å². The van der Waals surface area contributed by atoms with Crippen molar-refractivity contribution in [3.05, 3.63) is 218 Å². The molecular weight excluding hydrogens is 721 g/mol. The Balaban J connectivity index is 1.20. The van der Waals surface area contributed by atoms with E-state index in [1.54, 1.807) is 0 Å². The van der Waals surface area contributed by atoms with E-state index in [1.165, 1.54) is 131 Å². The van der Waals surface area contributed by atoms with Gasteiger partial charge in [0.05, 0.1) is 0 Å². The van der Waals surface area contributed by atoms with Crippen LogP contribution in [0.2, 0.25) is 0 Å². The van der Waals surface area contributed by atoms with E-state index in [0.29, 0.717) is 0 Å². The summed E-state index contributed by atoms with van der Waals surface area (Å²) in [5.41, 5.74) is 10.0. The lowest BCUT2D eigenvalue weighted by Crippen LogP contribution is -1.95. The van der Waals surface area contributed by atoms with Gasteiger partial charge in [0.15, 0.2) is 0 Å². The van der Waals surface area contributed by atoms with Gasteiger partial charge in [0.1, 0.15) is 0 Å². The molecule has 0 aromatic heterocycles. The molecule has 0 unspecified atom stereocenters. The van der Waals surface area contributed by atoms with Crippen LogP contribution >= 0.6 is 0 Å². The van der Waals surface area contributed by atoms with Crippen molar-refractivity contribution in [1.82, 2.24) is 0 Å². The summed E-state index contributed by atoms with van der Waals surface area (Å²) in [4.78, 5) is 0. The largest absolute Gasteiger partial charge is 0.0622 e. The van der Waals surface area contributed by atoms with Gasteiger partial charge in [-0.05, 0) is 137 Å². The highest BCUT2D eigenvalue weighted by atomic mass is 14.3. The van der Waals surface area contributed by atoms with Crippen molar-refractivity contribution in [3.63, 3.8) is 0 Å². The van der Waals surface area contributed by atoms with E-state index in [1.807, 2.05) is 0 Å². The van der Waals surface area contributed by atoms with E-state index in [2.05, 4.69) is 218 Å². The highest BCUT2D eigenvalue weighted by molar-refractivity contribution is 6.32. The Kier molecular flexibility index (Phi) is 7.11. The summed E-state index contributed by atoms with van der Waals surface area (Å²) in [5.74, 6) is 0. The molecule has 0 spiro atoms. The van der Waals surface area contributed by atoms with Gasteiger partial charge in [0, 0.05) is 0 Å². The number of hydrogen-bond donors (Lipinski definition) is 0. The van der Waals surface area contributed by atoms with Crippen LogP contribution in [-0.2, 0) is 0 Å². The second-order valence-electron chi connectivity index (χ2n) is 16.3. The molecule has 13 rings (SSSR count). The van der Waals surface area contributed by atoms with Gasteiger partial charge < -0.3 is 0 Å². The fourth-order valence-electron chi connectivity index (χ4n) is 10.7. The lowest BCUT2D eigenvalue weighted by molar-refractivity contribution is 1.65. The third-order valence-electron chi connectivity index (χ3n) is 13.1. The van der Waals surface area contributed by atoms with Crippen LogP contribution in [0.5, 0.6) is 0 Å². The molecule has 0 aliphatic rings. The number of hydrogen-bond acceptors (Lipinski definition) is 0. The Morgan fingerprint density at radius 1 is 0.183 bits per heavy atom. The number of rotatable bonds is 4. The molecule has 0 nitrogen and oxygen atoms in total. The minimum atomic E-state index is 1.22. The molecule has 0 N–H and O–H groups in total. The maximum atomic E-state index is 2.50. The van der Waals surface area contributed by atoms with Crippen LogP contribution in [0.4, 0.5) is 0 Å². The van der Waals surface area contributed by atoms with E-state index in [0.717, 1.165) is 0 Å². The molecule has 0 atom stereocenters. The van der Waals surface area contributed by atoms with Crippen molar-refractivity contribution >= 4 is 86.2 Å². The SMILES string of the molecule is c1ccc(-c2c3ccccc3c(-c3ccccc3)c3cc(-c4c5ccccc5c(-c5ccc6ccc7cccc8ccc5c6c78)c5ccc6ccccc6c45)ccc23)cc1. The highest BCUT2D eigenvalue weighted by Crippen LogP contribution is 2.51. The molecule has 13 aromatic rings. The zero-order valence-corrected chi connectivity index (χ0v) is 32.8. The Hall–Kier alpha value is -7.80. The van der Waals surface area contributed by atoms with E-state index in [9.17, 15) is 0 Å². The zero-order valence-electron chi connectivity index (χ0n) is 32.8. The first-order valence-electron chi connectivity index (χ1n) is 20.9. The first kappa shape index (κ1) is 33.2. The monoisotopic (exact) mass is 756 g/mol. The fraction of sp³-hybridized carbons (Fsp3) is 0. The molecule has 13 aromatic carbocycles. The molecule has 0 amide bonds. The summed E-state index contributed by atoms with van der Waals surface area (Å²) in [6, 6.07) is 81.5. The maximum absolute atomic E-state index is 2.50. The molecular formula is C60H36. The molecule has 276 valence electrons. The van der Waals surface area contributed by atoms with Crippen LogP contribution in [0.3, 0.4) is 0 Å². The molecule has 0 radical (unpaired) electrons. The summed E-state index contributed by atoms with van der Waals surface area (Å²) >= 11 is 0. The van der Waals surface area contributed by atoms with Gasteiger partial charge in [-0.1, -0.05) is 212 Å². The Labute approximate surface area is 347 Å². The van der Waals surface area contributed by atoms with E-state index < -0.39 is 0 Å². The summed E-state index contributed by atoms with van der Waals surface area (Å²) in [6.07, 6.45) is 0. The van der Waals surface area contributed by atoms with Crippen molar-refractivity contribution in [2.24, 2.45) is 0 Å². The lowest BCUT2D eigenvalue weighted by Gasteiger charge is -2.22. The Morgan fingerprint density at radius 3 is 1.32 bits per heavy atom. The average molecular weight is 757 g/mol. The summed E-state index contributed by atoms with van der Waals surface area (Å²) in [7, 11) is 0. The van der Waals surface area contributed by atoms with Crippen LogP contribution in [-0.4, -0.2) is 0 Å². The highest BCUT2D eigenvalue weighted by Gasteiger charge is 2.23. The molecule has 0 fully saturated rings. The van der Waals surface area contributed by atoms with Gasteiger partial charge >= 0.3 is 0 Å². The molecule has 60 heavy (non-hydrogen) atoms. The standard InChI is InChI=1S/C60H36/c1-3-15-38(16-4-1)55-45-22-9-10-23-46(45)56(39-17-5-2-6-18-39)53-36-43(31-34-51(53)55)58-47-24-11-12-25-48(47)59(52-35-28-37-14-7-8-21-44(37)60(52)58)50-33-30-42-27-26-40-19-13-20-41-29-32-49(50)57(42)54(40)41/h1-36H. The van der Waals surface area contributed by atoms with Crippen molar-refractivity contribution in [3.8, 4) is 44.5 Å². The van der Waals surface area contributed by atoms with Crippen molar-refractivity contribution in [2.75, 3.05) is 0 Å². The molecule has 0 aliphatic heterocycles. The molecule has 0 heterocycles. The smallest absolute Gasteiger partial charge is 0.00141 e. The van der Waals surface area contributed by atoms with Crippen molar-refractivity contribution < 1.29 is 0 Å². The first-order chi connectivity index (χ1) is 29.8. The quantitative estimate of drug-likeness (QED) is 0.124. The third kappa shape index (κ3) is 4.73. The van der Waals surface area contributed by atoms with Crippen LogP contribution in [0.1, 0.15) is 0 Å². The molecule has 0 heteroatoms. The van der Waals surface area contributed by atoms with Gasteiger partial charge in [0.2, 0.25) is 0 Å². The minimum absolute atomic E-state index is 1.22. The van der Waals surface area contributed by atoms with Crippen LogP contribution in [0.25, 0.3) is 131 Å². The zero-order chi connectivity index (χ0) is 39.3. The second kappa shape index (κ2) is 12.9. The number of fused-ring (bicyclic) bond motifs is 6. The number of benzene rings is 13. The first-order valence-corrected chi connectivity index (χ1v) is 20.9. The summed E-state index contributed by atoms with van der Waals surface area (Å²) in [5, 5.41) is 20.4. The fourth-order valence-corrected chi connectivity index (χ4v) is 10.7. The third-order valence-corrected chi connectivity index (χ3v) is 13.1. The van der Waals surface area contributed by atoms with Gasteiger partial charge in [-0.15, -0.1) is 0 Å². The Morgan fingerprint density at radius 2 is 0.633 bits per heavy atom. The van der Waals surface area contributed by atoms with Gasteiger partial charge in [-0.2, -0.15) is 0 Å². The predicted octanol–water partition coefficient (Wildman–Crippen LogP) is 17.0. The maximum Gasteiger partial charge on any atom is -0.00141 e. The van der Waals surface area contributed by atoms with Crippen LogP contribution in [0.15, 0.2) is 218 Å². The summed E-state index contributed by atoms with van der Waals surface area (Å²) < 4.78 is 0. The summed E-state index contributed by atoms with van der Waals surface area (Å²) in [6.45, 7) is 0. The van der Waals surface area contributed by atoms with Crippen LogP contribution in [0, 0.1) is 0 Å². The topological polar surface area (TPSA) is 0 Å². The van der Waals surface area contributed by atoms with Crippen LogP contribution < -0.4 is 0 Å². The van der Waals surface area contributed by atoms with E-state index >= 15 is 0 Å². The van der Waals surface area contributed by atoms with E-state index in [-0.39, 0.29) is 0 Å². The predicted molar refractivity (Wildman–Crippen MR) is 259 cm³/mol. The van der Waals surface area contributed by atoms with Gasteiger partial charge in [-0.3, -0.25) is 0 Å². The lowest BCUT2D eigenvalue weighted by atomic mass is 9.81. The van der Waals surface area contributed by atoms with Gasteiger partial charge in [0.25, 0.3) is 0 Å². The minimum Gasteiger partial charge on any atom is -0.0622 e. The molecule has 0 saturated carbocycles. The van der Waals surface area contributed by atoms with E-state index in [4.69, 9.17) is 0 Å². The molecule has 0 bridgehead atoms. The van der Waals surface area contributed by atoms with Gasteiger partial charge in [-0.25, -0.2) is 0 Å². The molecule has 0 saturated heterocycles. The average Bonchev–Trinajstić information content (AvgIpc) is 3.32. The molecule has 0 aliphatic carbocycles.